The summed E-state index contributed by atoms with van der Waals surface area (Å²) >= 11 is 0. The second-order valence-electron chi connectivity index (χ2n) is 8.15. The minimum absolute atomic E-state index is 0.0606. The van der Waals surface area contributed by atoms with Gasteiger partial charge >= 0.3 is 6.18 Å². The number of hydrogen-bond acceptors (Lipinski definition) is 5. The molecular formula is C24H24F4N4O2. The SMILES string of the molecule is O=C(NCc1cccc(C(F)(F)F)c1)c1coc(CN2CCN(Cc3ccccc3F)CC2)n1. The minimum atomic E-state index is -4.44. The van der Waals surface area contributed by atoms with E-state index in [1.54, 1.807) is 12.1 Å². The Hall–Kier alpha value is -3.24. The monoisotopic (exact) mass is 476 g/mol. The van der Waals surface area contributed by atoms with Gasteiger partial charge in [-0.05, 0) is 23.8 Å². The number of carbonyl (C=O) groups is 1. The van der Waals surface area contributed by atoms with E-state index in [1.807, 2.05) is 6.07 Å². The third kappa shape index (κ3) is 6.21. The van der Waals surface area contributed by atoms with Crippen LogP contribution in [0.5, 0.6) is 0 Å². The number of oxazole rings is 1. The van der Waals surface area contributed by atoms with Crippen LogP contribution in [0.4, 0.5) is 17.6 Å². The molecule has 10 heteroatoms. The van der Waals surface area contributed by atoms with Gasteiger partial charge in [-0.25, -0.2) is 9.37 Å². The molecule has 34 heavy (non-hydrogen) atoms. The summed E-state index contributed by atoms with van der Waals surface area (Å²) in [5, 5.41) is 2.56. The van der Waals surface area contributed by atoms with Crippen molar-refractivity contribution in [1.29, 1.82) is 0 Å². The van der Waals surface area contributed by atoms with Crippen molar-refractivity contribution < 1.29 is 26.8 Å². The van der Waals surface area contributed by atoms with Crippen LogP contribution in [-0.4, -0.2) is 46.9 Å². The Morgan fingerprint density at radius 2 is 1.71 bits per heavy atom. The van der Waals surface area contributed by atoms with E-state index < -0.39 is 17.6 Å². The Balaban J connectivity index is 1.24. The van der Waals surface area contributed by atoms with Gasteiger partial charge in [0.2, 0.25) is 5.89 Å². The number of aromatic nitrogens is 1. The largest absolute Gasteiger partial charge is 0.447 e. The average molecular weight is 476 g/mol. The first kappa shape index (κ1) is 23.9. The number of halogens is 4. The van der Waals surface area contributed by atoms with E-state index in [9.17, 15) is 22.4 Å². The Morgan fingerprint density at radius 1 is 1.00 bits per heavy atom. The summed E-state index contributed by atoms with van der Waals surface area (Å²) in [6.45, 7) is 3.93. The van der Waals surface area contributed by atoms with Crippen LogP contribution >= 0.6 is 0 Å². The van der Waals surface area contributed by atoms with Crippen LogP contribution in [0.15, 0.2) is 59.2 Å². The molecular weight excluding hydrogens is 452 g/mol. The molecule has 2 aromatic carbocycles. The molecule has 1 aromatic heterocycles. The van der Waals surface area contributed by atoms with Gasteiger partial charge in [0.1, 0.15) is 12.1 Å². The fourth-order valence-electron chi connectivity index (χ4n) is 3.78. The Kier molecular flexibility index (Phi) is 7.28. The number of benzene rings is 2. The van der Waals surface area contributed by atoms with Gasteiger partial charge in [0.25, 0.3) is 5.91 Å². The predicted molar refractivity (Wildman–Crippen MR) is 116 cm³/mol. The number of amides is 1. The summed E-state index contributed by atoms with van der Waals surface area (Å²) in [7, 11) is 0. The molecule has 0 unspecified atom stereocenters. The van der Waals surface area contributed by atoms with Crippen molar-refractivity contribution in [2.45, 2.75) is 25.8 Å². The van der Waals surface area contributed by atoms with Crippen LogP contribution in [0.25, 0.3) is 0 Å². The molecule has 6 nitrogen and oxygen atoms in total. The van der Waals surface area contributed by atoms with E-state index in [0.29, 0.717) is 30.1 Å². The zero-order valence-electron chi connectivity index (χ0n) is 18.3. The standard InChI is InChI=1S/C24H24F4N4O2/c25-20-7-2-1-5-18(20)14-31-8-10-32(11-9-31)15-22-30-21(16-34-22)23(33)29-13-17-4-3-6-19(12-17)24(26,27)28/h1-7,12,16H,8-11,13-15H2,(H,29,33). The first-order chi connectivity index (χ1) is 16.3. The highest BCUT2D eigenvalue weighted by Crippen LogP contribution is 2.29. The van der Waals surface area contributed by atoms with Crippen LogP contribution in [0.2, 0.25) is 0 Å². The summed E-state index contributed by atoms with van der Waals surface area (Å²) in [6, 6.07) is 11.5. The highest BCUT2D eigenvalue weighted by Gasteiger charge is 2.30. The van der Waals surface area contributed by atoms with Gasteiger partial charge in [0, 0.05) is 44.8 Å². The Morgan fingerprint density at radius 3 is 2.41 bits per heavy atom. The van der Waals surface area contributed by atoms with Crippen molar-refractivity contribution in [3.8, 4) is 0 Å². The number of rotatable bonds is 7. The van der Waals surface area contributed by atoms with Gasteiger partial charge < -0.3 is 9.73 Å². The lowest BCUT2D eigenvalue weighted by Gasteiger charge is -2.34. The molecule has 1 amide bonds. The zero-order valence-corrected chi connectivity index (χ0v) is 18.3. The van der Waals surface area contributed by atoms with Gasteiger partial charge in [0.05, 0.1) is 12.1 Å². The third-order valence-corrected chi connectivity index (χ3v) is 5.67. The molecule has 1 fully saturated rings. The highest BCUT2D eigenvalue weighted by atomic mass is 19.4. The molecule has 4 rings (SSSR count). The Labute approximate surface area is 194 Å². The second-order valence-corrected chi connectivity index (χ2v) is 8.15. The smallest absolute Gasteiger partial charge is 0.416 e. The second kappa shape index (κ2) is 10.4. The number of nitrogens with zero attached hydrogens (tertiary/aromatic N) is 3. The molecule has 0 radical (unpaired) electrons. The minimum Gasteiger partial charge on any atom is -0.447 e. The van der Waals surface area contributed by atoms with E-state index in [1.165, 1.54) is 24.5 Å². The van der Waals surface area contributed by atoms with E-state index in [0.717, 1.165) is 38.3 Å². The molecule has 3 aromatic rings. The molecule has 1 aliphatic rings. The summed E-state index contributed by atoms with van der Waals surface area (Å²) < 4.78 is 57.8. The lowest BCUT2D eigenvalue weighted by Crippen LogP contribution is -2.45. The molecule has 0 atom stereocenters. The molecule has 0 aliphatic carbocycles. The van der Waals surface area contributed by atoms with Crippen molar-refractivity contribution in [3.05, 3.63) is 88.9 Å². The van der Waals surface area contributed by atoms with E-state index in [-0.39, 0.29) is 18.1 Å². The first-order valence-electron chi connectivity index (χ1n) is 10.8. The third-order valence-electron chi connectivity index (χ3n) is 5.67. The molecule has 1 N–H and O–H groups in total. The predicted octanol–water partition coefficient (Wildman–Crippen LogP) is 4.08. The van der Waals surface area contributed by atoms with Crippen molar-refractivity contribution >= 4 is 5.91 Å². The van der Waals surface area contributed by atoms with Crippen LogP contribution < -0.4 is 5.32 Å². The number of carbonyl (C=O) groups excluding carboxylic acids is 1. The molecule has 0 spiro atoms. The van der Waals surface area contributed by atoms with E-state index in [2.05, 4.69) is 20.1 Å². The zero-order chi connectivity index (χ0) is 24.1. The average Bonchev–Trinajstić information content (AvgIpc) is 3.28. The number of hydrogen-bond donors (Lipinski definition) is 1. The van der Waals surface area contributed by atoms with Crippen molar-refractivity contribution in [2.24, 2.45) is 0 Å². The Bertz CT molecular complexity index is 1120. The van der Waals surface area contributed by atoms with Gasteiger partial charge in [-0.15, -0.1) is 0 Å². The quantitative estimate of drug-likeness (QED) is 0.521. The van der Waals surface area contributed by atoms with Crippen LogP contribution in [-0.2, 0) is 25.8 Å². The molecule has 1 aliphatic heterocycles. The molecule has 0 bridgehead atoms. The number of piperazine rings is 1. The maximum Gasteiger partial charge on any atom is 0.416 e. The first-order valence-corrected chi connectivity index (χ1v) is 10.8. The van der Waals surface area contributed by atoms with Gasteiger partial charge in [-0.2, -0.15) is 13.2 Å². The van der Waals surface area contributed by atoms with Gasteiger partial charge in [-0.1, -0.05) is 30.3 Å². The maximum absolute atomic E-state index is 13.9. The van der Waals surface area contributed by atoms with E-state index >= 15 is 0 Å². The van der Waals surface area contributed by atoms with Crippen LogP contribution in [0.1, 0.15) is 33.1 Å². The topological polar surface area (TPSA) is 61.6 Å². The fourth-order valence-corrected chi connectivity index (χ4v) is 3.78. The molecule has 0 saturated carbocycles. The van der Waals surface area contributed by atoms with E-state index in [4.69, 9.17) is 4.42 Å². The van der Waals surface area contributed by atoms with Crippen molar-refractivity contribution in [1.82, 2.24) is 20.1 Å². The molecule has 1 saturated heterocycles. The summed E-state index contributed by atoms with van der Waals surface area (Å²) in [5.41, 5.74) is 0.307. The summed E-state index contributed by atoms with van der Waals surface area (Å²) in [4.78, 5) is 20.9. The summed E-state index contributed by atoms with van der Waals surface area (Å²) in [6.07, 6.45) is -3.20. The highest BCUT2D eigenvalue weighted by molar-refractivity contribution is 5.91. The van der Waals surface area contributed by atoms with Crippen LogP contribution in [0.3, 0.4) is 0 Å². The van der Waals surface area contributed by atoms with Gasteiger partial charge in [-0.3, -0.25) is 14.6 Å². The van der Waals surface area contributed by atoms with Crippen molar-refractivity contribution in [3.63, 3.8) is 0 Å². The van der Waals surface area contributed by atoms with Crippen molar-refractivity contribution in [2.75, 3.05) is 26.2 Å². The maximum atomic E-state index is 13.9. The lowest BCUT2D eigenvalue weighted by atomic mass is 10.1. The normalized spacial score (nSPS) is 15.4. The summed E-state index contributed by atoms with van der Waals surface area (Å²) in [5.74, 6) is -0.350. The number of nitrogens with one attached hydrogen (secondary N) is 1. The van der Waals surface area contributed by atoms with Gasteiger partial charge in [0.15, 0.2) is 5.69 Å². The lowest BCUT2D eigenvalue weighted by molar-refractivity contribution is -0.137. The number of alkyl halides is 3. The molecule has 180 valence electrons. The molecule has 2 heterocycles. The van der Waals surface area contributed by atoms with Crippen LogP contribution in [0, 0.1) is 5.82 Å². The fraction of sp³-hybridized carbons (Fsp3) is 0.333.